The van der Waals surface area contributed by atoms with Gasteiger partial charge in [0.1, 0.15) is 6.54 Å². The minimum Gasteiger partial charge on any atom is -0.338 e. The van der Waals surface area contributed by atoms with E-state index in [1.807, 2.05) is 54.8 Å². The zero-order valence-corrected chi connectivity index (χ0v) is 14.8. The Balaban J connectivity index is 1.88. The molecule has 3 aromatic rings. The molecule has 128 valence electrons. The normalized spacial score (nSPS) is 10.8. The third-order valence-corrected chi connectivity index (χ3v) is 4.38. The van der Waals surface area contributed by atoms with Gasteiger partial charge in [-0.1, -0.05) is 25.1 Å². The molecule has 2 aromatic carbocycles. The Morgan fingerprint density at radius 2 is 1.80 bits per heavy atom. The molecule has 25 heavy (non-hydrogen) atoms. The van der Waals surface area contributed by atoms with Crippen molar-refractivity contribution in [1.29, 1.82) is 0 Å². The number of carbonyl (C=O) groups is 1. The van der Waals surface area contributed by atoms with Crippen molar-refractivity contribution in [2.45, 2.75) is 33.7 Å². The molecular formula is C21H22N2O2. The summed E-state index contributed by atoms with van der Waals surface area (Å²) in [6.45, 7) is 6.17. The Kier molecular flexibility index (Phi) is 4.70. The predicted octanol–water partition coefficient (Wildman–Crippen LogP) is 3.82. The summed E-state index contributed by atoms with van der Waals surface area (Å²) in [5.41, 5.74) is 4.79. The van der Waals surface area contributed by atoms with Crippen LogP contribution in [0.15, 0.2) is 53.5 Å². The molecule has 0 radical (unpaired) electrons. The van der Waals surface area contributed by atoms with E-state index in [2.05, 4.69) is 12.2 Å². The van der Waals surface area contributed by atoms with Crippen molar-refractivity contribution < 1.29 is 4.79 Å². The molecule has 4 nitrogen and oxygen atoms in total. The molecule has 4 heteroatoms. The highest BCUT2D eigenvalue weighted by Crippen LogP contribution is 2.18. The number of amides is 1. The molecule has 0 aliphatic carbocycles. The number of nitrogens with one attached hydrogen (secondary N) is 1. The molecular weight excluding hydrogens is 312 g/mol. The maximum absolute atomic E-state index is 12.4. The standard InChI is InChI=1S/C21H22N2O2/c1-4-16-5-7-17(8-6-16)22-20(25)13-23-10-9-19(24)21-15(3)11-14(2)12-18(21)23/h5-12H,4,13H2,1-3H3,(H,22,25). The van der Waals surface area contributed by atoms with Gasteiger partial charge in [-0.25, -0.2) is 0 Å². The lowest BCUT2D eigenvalue weighted by atomic mass is 10.1. The average molecular weight is 334 g/mol. The van der Waals surface area contributed by atoms with E-state index in [0.717, 1.165) is 28.8 Å². The van der Waals surface area contributed by atoms with Crippen LogP contribution in [-0.2, 0) is 17.8 Å². The highest BCUT2D eigenvalue weighted by atomic mass is 16.2. The topological polar surface area (TPSA) is 51.1 Å². The van der Waals surface area contributed by atoms with Crippen LogP contribution >= 0.6 is 0 Å². The third kappa shape index (κ3) is 3.63. The maximum atomic E-state index is 12.4. The Morgan fingerprint density at radius 1 is 1.08 bits per heavy atom. The largest absolute Gasteiger partial charge is 0.338 e. The van der Waals surface area contributed by atoms with Crippen LogP contribution in [0.4, 0.5) is 5.69 Å². The van der Waals surface area contributed by atoms with Crippen LogP contribution in [0.1, 0.15) is 23.6 Å². The molecule has 0 saturated carbocycles. The van der Waals surface area contributed by atoms with Gasteiger partial charge in [-0.2, -0.15) is 0 Å². The van der Waals surface area contributed by atoms with E-state index in [1.54, 1.807) is 6.20 Å². The zero-order valence-electron chi connectivity index (χ0n) is 14.8. The summed E-state index contributed by atoms with van der Waals surface area (Å²) < 4.78 is 1.83. The molecule has 0 spiro atoms. The summed E-state index contributed by atoms with van der Waals surface area (Å²) in [5.74, 6) is -0.117. The number of hydrogen-bond acceptors (Lipinski definition) is 2. The number of carbonyl (C=O) groups excluding carboxylic acids is 1. The monoisotopic (exact) mass is 334 g/mol. The Labute approximate surface area is 147 Å². The second-order valence-corrected chi connectivity index (χ2v) is 6.38. The van der Waals surface area contributed by atoms with Crippen molar-refractivity contribution in [2.75, 3.05) is 5.32 Å². The van der Waals surface area contributed by atoms with Gasteiger partial charge in [0, 0.05) is 23.3 Å². The molecule has 0 bridgehead atoms. The number of fused-ring (bicyclic) bond motifs is 1. The van der Waals surface area contributed by atoms with Gasteiger partial charge < -0.3 is 9.88 Å². The Morgan fingerprint density at radius 3 is 2.48 bits per heavy atom. The van der Waals surface area contributed by atoms with Crippen LogP contribution in [-0.4, -0.2) is 10.5 Å². The molecule has 0 saturated heterocycles. The lowest BCUT2D eigenvalue weighted by Crippen LogP contribution is -2.20. The molecule has 3 rings (SSSR count). The molecule has 0 aliphatic heterocycles. The van der Waals surface area contributed by atoms with Crippen molar-refractivity contribution in [3.63, 3.8) is 0 Å². The summed E-state index contributed by atoms with van der Waals surface area (Å²) in [5, 5.41) is 3.59. The molecule has 0 unspecified atom stereocenters. The van der Waals surface area contributed by atoms with Gasteiger partial charge in [0.25, 0.3) is 0 Å². The molecule has 1 aromatic heterocycles. The van der Waals surface area contributed by atoms with E-state index in [1.165, 1.54) is 11.6 Å². The van der Waals surface area contributed by atoms with E-state index >= 15 is 0 Å². The first-order valence-electron chi connectivity index (χ1n) is 8.47. The number of rotatable bonds is 4. The van der Waals surface area contributed by atoms with Gasteiger partial charge in [-0.3, -0.25) is 9.59 Å². The Bertz CT molecular complexity index is 985. The SMILES string of the molecule is CCc1ccc(NC(=O)Cn2ccc(=O)c3c(C)cc(C)cc32)cc1. The van der Waals surface area contributed by atoms with Gasteiger partial charge in [-0.15, -0.1) is 0 Å². The zero-order chi connectivity index (χ0) is 18.0. The molecule has 1 N–H and O–H groups in total. The quantitative estimate of drug-likeness (QED) is 0.788. The van der Waals surface area contributed by atoms with Gasteiger partial charge in [0.15, 0.2) is 5.43 Å². The summed E-state index contributed by atoms with van der Waals surface area (Å²) in [4.78, 5) is 24.6. The van der Waals surface area contributed by atoms with E-state index < -0.39 is 0 Å². The van der Waals surface area contributed by atoms with E-state index in [9.17, 15) is 9.59 Å². The van der Waals surface area contributed by atoms with Gasteiger partial charge >= 0.3 is 0 Å². The third-order valence-electron chi connectivity index (χ3n) is 4.38. The Hall–Kier alpha value is -2.88. The summed E-state index contributed by atoms with van der Waals surface area (Å²) >= 11 is 0. The van der Waals surface area contributed by atoms with E-state index in [4.69, 9.17) is 0 Å². The van der Waals surface area contributed by atoms with E-state index in [-0.39, 0.29) is 17.9 Å². The van der Waals surface area contributed by atoms with Crippen molar-refractivity contribution in [2.24, 2.45) is 0 Å². The minimum absolute atomic E-state index is 0.0145. The van der Waals surface area contributed by atoms with Gasteiger partial charge in [0.05, 0.1) is 5.52 Å². The predicted molar refractivity (Wildman–Crippen MR) is 102 cm³/mol. The van der Waals surface area contributed by atoms with Crippen LogP contribution in [0, 0.1) is 13.8 Å². The lowest BCUT2D eigenvalue weighted by Gasteiger charge is -2.13. The maximum Gasteiger partial charge on any atom is 0.244 e. The first-order chi connectivity index (χ1) is 12.0. The average Bonchev–Trinajstić information content (AvgIpc) is 2.57. The summed E-state index contributed by atoms with van der Waals surface area (Å²) in [6.07, 6.45) is 2.65. The van der Waals surface area contributed by atoms with Gasteiger partial charge in [0.2, 0.25) is 5.91 Å². The molecule has 0 aliphatic rings. The fourth-order valence-corrected chi connectivity index (χ4v) is 3.13. The summed E-state index contributed by atoms with van der Waals surface area (Å²) in [6, 6.07) is 13.3. The highest BCUT2D eigenvalue weighted by Gasteiger charge is 2.10. The van der Waals surface area contributed by atoms with Crippen LogP contribution in [0.3, 0.4) is 0 Å². The van der Waals surface area contributed by atoms with E-state index in [0.29, 0.717) is 5.39 Å². The van der Waals surface area contributed by atoms with Crippen molar-refractivity contribution >= 4 is 22.5 Å². The second kappa shape index (κ2) is 6.93. The molecule has 0 fully saturated rings. The number of anilines is 1. The number of nitrogens with zero attached hydrogens (tertiary/aromatic N) is 1. The fourth-order valence-electron chi connectivity index (χ4n) is 3.13. The van der Waals surface area contributed by atoms with Crippen LogP contribution < -0.4 is 10.7 Å². The number of aromatic nitrogens is 1. The molecule has 0 atom stereocenters. The second-order valence-electron chi connectivity index (χ2n) is 6.38. The lowest BCUT2D eigenvalue weighted by molar-refractivity contribution is -0.116. The number of hydrogen-bond donors (Lipinski definition) is 1. The van der Waals surface area contributed by atoms with Crippen molar-refractivity contribution in [3.05, 3.63) is 75.6 Å². The van der Waals surface area contributed by atoms with Crippen LogP contribution in [0.2, 0.25) is 0 Å². The first kappa shape index (κ1) is 17.0. The molecule has 1 amide bonds. The van der Waals surface area contributed by atoms with Crippen LogP contribution in [0.25, 0.3) is 10.9 Å². The van der Waals surface area contributed by atoms with Gasteiger partial charge in [-0.05, 0) is 55.2 Å². The summed E-state index contributed by atoms with van der Waals surface area (Å²) in [7, 11) is 0. The number of aryl methyl sites for hydroxylation is 3. The fraction of sp³-hybridized carbons (Fsp3) is 0.238. The first-order valence-corrected chi connectivity index (χ1v) is 8.47. The van der Waals surface area contributed by atoms with Crippen molar-refractivity contribution in [1.82, 2.24) is 4.57 Å². The smallest absolute Gasteiger partial charge is 0.244 e. The minimum atomic E-state index is -0.117. The molecule has 1 heterocycles. The number of benzene rings is 2. The van der Waals surface area contributed by atoms with Crippen molar-refractivity contribution in [3.8, 4) is 0 Å². The van der Waals surface area contributed by atoms with Crippen LogP contribution in [0.5, 0.6) is 0 Å². The highest BCUT2D eigenvalue weighted by molar-refractivity contribution is 5.92. The number of pyridine rings is 1.